The molecule has 0 aromatic rings. The van der Waals surface area contributed by atoms with Crippen LogP contribution in [-0.2, 0) is 19.1 Å². The molecule has 126 valence electrons. The third-order valence-electron chi connectivity index (χ3n) is 4.52. The summed E-state index contributed by atoms with van der Waals surface area (Å²) in [7, 11) is 0. The van der Waals surface area contributed by atoms with Crippen LogP contribution in [0.15, 0.2) is 0 Å². The molecule has 0 amide bonds. The van der Waals surface area contributed by atoms with Gasteiger partial charge in [-0.25, -0.2) is 9.59 Å². The molecule has 8 heteroatoms. The summed E-state index contributed by atoms with van der Waals surface area (Å²) >= 11 is 0. The third-order valence-corrected chi connectivity index (χ3v) is 4.52. The fourth-order valence-corrected chi connectivity index (χ4v) is 2.90. The van der Waals surface area contributed by atoms with Gasteiger partial charge in [0.1, 0.15) is 0 Å². The van der Waals surface area contributed by atoms with Crippen molar-refractivity contribution in [1.82, 2.24) is 10.6 Å². The second-order valence-electron chi connectivity index (χ2n) is 6.03. The smallest absolute Gasteiger partial charge is 0.414 e. The van der Waals surface area contributed by atoms with Gasteiger partial charge >= 0.3 is 11.9 Å². The van der Waals surface area contributed by atoms with Gasteiger partial charge in [0.2, 0.25) is 0 Å². The van der Waals surface area contributed by atoms with Gasteiger partial charge in [-0.05, 0) is 25.9 Å². The van der Waals surface area contributed by atoms with Gasteiger partial charge in [-0.2, -0.15) is 0 Å². The van der Waals surface area contributed by atoms with Crippen LogP contribution in [0.4, 0.5) is 0 Å². The maximum atomic E-state index is 9.10. The molecule has 4 fully saturated rings. The lowest BCUT2D eigenvalue weighted by Gasteiger charge is -2.37. The highest BCUT2D eigenvalue weighted by Gasteiger charge is 2.41. The molecule has 4 saturated heterocycles. The van der Waals surface area contributed by atoms with E-state index in [0.29, 0.717) is 11.2 Å². The molecule has 4 rings (SSSR count). The van der Waals surface area contributed by atoms with Gasteiger partial charge in [-0.1, -0.05) is 0 Å². The zero-order valence-electron chi connectivity index (χ0n) is 12.6. The Kier molecular flexibility index (Phi) is 5.74. The first-order valence-corrected chi connectivity index (χ1v) is 7.63. The lowest BCUT2D eigenvalue weighted by atomic mass is 9.94. The highest BCUT2D eigenvalue weighted by atomic mass is 16.5. The molecule has 2 spiro atoms. The number of ether oxygens (including phenoxy) is 2. The SMILES string of the molecule is C1CC2(CCO2)CN1.C1CC2(CCO2)CN1.O=C(O)C(=O)O. The van der Waals surface area contributed by atoms with Crippen molar-refractivity contribution in [2.24, 2.45) is 0 Å². The molecule has 0 aliphatic carbocycles. The Labute approximate surface area is 129 Å². The number of nitrogens with one attached hydrogen (secondary N) is 2. The van der Waals surface area contributed by atoms with E-state index in [0.717, 1.165) is 39.4 Å². The van der Waals surface area contributed by atoms with E-state index < -0.39 is 11.9 Å². The molecule has 2 unspecified atom stereocenters. The highest BCUT2D eigenvalue weighted by Crippen LogP contribution is 2.32. The summed E-state index contributed by atoms with van der Waals surface area (Å²) < 4.78 is 10.8. The Morgan fingerprint density at radius 3 is 1.23 bits per heavy atom. The first kappa shape index (κ1) is 17.1. The Hall–Kier alpha value is -1.22. The van der Waals surface area contributed by atoms with Gasteiger partial charge in [-0.3, -0.25) is 0 Å². The zero-order chi connectivity index (χ0) is 16.1. The fraction of sp³-hybridized carbons (Fsp3) is 0.857. The molecule has 8 nitrogen and oxygen atoms in total. The van der Waals surface area contributed by atoms with Crippen LogP contribution in [0.1, 0.15) is 25.7 Å². The molecule has 2 atom stereocenters. The molecule has 0 aromatic carbocycles. The van der Waals surface area contributed by atoms with Crippen molar-refractivity contribution >= 4 is 11.9 Å². The van der Waals surface area contributed by atoms with Crippen molar-refractivity contribution in [2.75, 3.05) is 39.4 Å². The molecule has 4 aliphatic heterocycles. The average Bonchev–Trinajstić information content (AvgIpc) is 3.08. The average molecular weight is 316 g/mol. The Balaban J connectivity index is 0.000000123. The van der Waals surface area contributed by atoms with E-state index in [9.17, 15) is 0 Å². The van der Waals surface area contributed by atoms with Crippen LogP contribution in [0.2, 0.25) is 0 Å². The summed E-state index contributed by atoms with van der Waals surface area (Å²) in [6.07, 6.45) is 5.01. The van der Waals surface area contributed by atoms with Gasteiger partial charge in [0.05, 0.1) is 24.4 Å². The molecule has 0 aromatic heterocycles. The van der Waals surface area contributed by atoms with Crippen molar-refractivity contribution in [3.8, 4) is 0 Å². The largest absolute Gasteiger partial charge is 0.473 e. The van der Waals surface area contributed by atoms with Crippen molar-refractivity contribution < 1.29 is 29.3 Å². The first-order valence-electron chi connectivity index (χ1n) is 7.63. The second kappa shape index (κ2) is 7.36. The molecule has 0 saturated carbocycles. The van der Waals surface area contributed by atoms with E-state index in [-0.39, 0.29) is 0 Å². The molecule has 0 radical (unpaired) electrons. The van der Waals surface area contributed by atoms with Crippen LogP contribution >= 0.6 is 0 Å². The summed E-state index contributed by atoms with van der Waals surface area (Å²) in [5.74, 6) is -3.65. The van der Waals surface area contributed by atoms with Crippen molar-refractivity contribution in [2.45, 2.75) is 36.9 Å². The van der Waals surface area contributed by atoms with Crippen LogP contribution in [-0.4, -0.2) is 72.7 Å². The molecular weight excluding hydrogens is 292 g/mol. The summed E-state index contributed by atoms with van der Waals surface area (Å²) in [6, 6.07) is 0. The number of carbonyl (C=O) groups is 2. The summed E-state index contributed by atoms with van der Waals surface area (Å²) in [4.78, 5) is 18.2. The van der Waals surface area contributed by atoms with E-state index >= 15 is 0 Å². The maximum absolute atomic E-state index is 9.10. The number of rotatable bonds is 0. The highest BCUT2D eigenvalue weighted by molar-refractivity contribution is 6.27. The maximum Gasteiger partial charge on any atom is 0.414 e. The second-order valence-corrected chi connectivity index (χ2v) is 6.03. The molecule has 0 bridgehead atoms. The number of hydrogen-bond acceptors (Lipinski definition) is 6. The lowest BCUT2D eigenvalue weighted by Crippen LogP contribution is -2.45. The fourth-order valence-electron chi connectivity index (χ4n) is 2.90. The van der Waals surface area contributed by atoms with Crippen LogP contribution < -0.4 is 10.6 Å². The minimum atomic E-state index is -1.82. The van der Waals surface area contributed by atoms with Gasteiger partial charge in [0.15, 0.2) is 0 Å². The standard InChI is InChI=1S/2C6H11NO.C2H2O4/c2*1-3-7-5-6(1)2-4-8-6;3-1(4)2(5)6/h2*7H,1-5H2;(H,3,4)(H,5,6). The topological polar surface area (TPSA) is 117 Å². The summed E-state index contributed by atoms with van der Waals surface area (Å²) in [5.41, 5.74) is 0.611. The predicted molar refractivity (Wildman–Crippen MR) is 76.8 cm³/mol. The molecular formula is C14H24N2O6. The summed E-state index contributed by atoms with van der Waals surface area (Å²) in [5, 5.41) is 21.4. The van der Waals surface area contributed by atoms with Crippen LogP contribution in [0.25, 0.3) is 0 Å². The predicted octanol–water partition coefficient (Wildman–Crippen LogP) is -0.567. The molecule has 4 heterocycles. The van der Waals surface area contributed by atoms with E-state index in [1.165, 1.54) is 25.7 Å². The minimum absolute atomic E-state index is 0.306. The molecule has 4 aliphatic rings. The summed E-state index contributed by atoms with van der Waals surface area (Å²) in [6.45, 7) is 6.46. The number of aliphatic carboxylic acids is 2. The minimum Gasteiger partial charge on any atom is -0.473 e. The van der Waals surface area contributed by atoms with Gasteiger partial charge < -0.3 is 30.3 Å². The van der Waals surface area contributed by atoms with E-state index in [1.54, 1.807) is 0 Å². The van der Waals surface area contributed by atoms with Crippen LogP contribution in [0.5, 0.6) is 0 Å². The third kappa shape index (κ3) is 4.39. The lowest BCUT2D eigenvalue weighted by molar-refractivity contribution is -0.159. The Bertz CT molecular complexity index is 352. The molecule has 4 N–H and O–H groups in total. The number of carboxylic acids is 2. The van der Waals surface area contributed by atoms with Gasteiger partial charge in [-0.15, -0.1) is 0 Å². The van der Waals surface area contributed by atoms with Crippen molar-refractivity contribution in [3.05, 3.63) is 0 Å². The normalized spacial score (nSPS) is 34.7. The number of hydrogen-bond donors (Lipinski definition) is 4. The van der Waals surface area contributed by atoms with Crippen LogP contribution in [0.3, 0.4) is 0 Å². The zero-order valence-corrected chi connectivity index (χ0v) is 12.6. The van der Waals surface area contributed by atoms with Crippen molar-refractivity contribution in [1.29, 1.82) is 0 Å². The Morgan fingerprint density at radius 2 is 1.14 bits per heavy atom. The Morgan fingerprint density at radius 1 is 0.773 bits per heavy atom. The van der Waals surface area contributed by atoms with E-state index in [2.05, 4.69) is 10.6 Å². The van der Waals surface area contributed by atoms with Crippen LogP contribution in [0, 0.1) is 0 Å². The first-order chi connectivity index (χ1) is 10.5. The monoisotopic (exact) mass is 316 g/mol. The number of carboxylic acid groups (broad SMARTS) is 2. The van der Waals surface area contributed by atoms with Gasteiger partial charge in [0, 0.05) is 25.9 Å². The molecule has 22 heavy (non-hydrogen) atoms. The quantitative estimate of drug-likeness (QED) is 0.439. The van der Waals surface area contributed by atoms with Crippen molar-refractivity contribution in [3.63, 3.8) is 0 Å². The van der Waals surface area contributed by atoms with Gasteiger partial charge in [0.25, 0.3) is 0 Å². The van der Waals surface area contributed by atoms with E-state index in [4.69, 9.17) is 29.3 Å². The van der Waals surface area contributed by atoms with E-state index in [1.807, 2.05) is 0 Å².